The first-order valence-corrected chi connectivity index (χ1v) is 13.8. The summed E-state index contributed by atoms with van der Waals surface area (Å²) in [4.78, 5) is 42.8. The number of morpholine rings is 1. The van der Waals surface area contributed by atoms with Crippen LogP contribution in [0.1, 0.15) is 45.6 Å². The number of aryl methyl sites for hydroxylation is 1. The quantitative estimate of drug-likeness (QED) is 0.470. The van der Waals surface area contributed by atoms with E-state index < -0.39 is 17.8 Å². The number of ether oxygens (including phenoxy) is 3. The molecule has 39 heavy (non-hydrogen) atoms. The summed E-state index contributed by atoms with van der Waals surface area (Å²) in [7, 11) is 3.07. The lowest BCUT2D eigenvalue weighted by molar-refractivity contribution is -0.150. The first kappa shape index (κ1) is 29.0. The van der Waals surface area contributed by atoms with E-state index in [-0.39, 0.29) is 31.2 Å². The number of carbonyl (C=O) groups excluding carboxylic acids is 3. The summed E-state index contributed by atoms with van der Waals surface area (Å²) < 4.78 is 18.2. The van der Waals surface area contributed by atoms with Gasteiger partial charge in [-0.2, -0.15) is 0 Å². The van der Waals surface area contributed by atoms with Crippen molar-refractivity contribution in [2.24, 2.45) is 0 Å². The zero-order valence-electron chi connectivity index (χ0n) is 23.4. The molecule has 1 saturated carbocycles. The number of halogens is 1. The molecule has 2 aromatic rings. The molecule has 2 heterocycles. The van der Waals surface area contributed by atoms with Crippen LogP contribution >= 0.6 is 11.6 Å². The van der Waals surface area contributed by atoms with Gasteiger partial charge in [-0.3, -0.25) is 4.79 Å². The van der Waals surface area contributed by atoms with Crippen LogP contribution in [-0.4, -0.2) is 95.5 Å². The number of rotatable bonds is 8. The summed E-state index contributed by atoms with van der Waals surface area (Å²) in [6.45, 7) is 8.00. The van der Waals surface area contributed by atoms with Crippen molar-refractivity contribution in [2.45, 2.75) is 70.9 Å². The minimum Gasteiger partial charge on any atom is -0.453 e. The highest BCUT2D eigenvalue weighted by Gasteiger charge is 2.39. The first-order chi connectivity index (χ1) is 18.5. The molecule has 214 valence electrons. The molecule has 0 radical (unpaired) electrons. The summed E-state index contributed by atoms with van der Waals surface area (Å²) >= 11 is 6.51. The molecule has 1 aliphatic heterocycles. The van der Waals surface area contributed by atoms with Gasteiger partial charge in [0.25, 0.3) is 5.91 Å². The molecule has 3 amide bonds. The number of methoxy groups -OCH3 is 1. The Bertz CT molecular complexity index is 1200. The second-order valence-corrected chi connectivity index (χ2v) is 11.7. The van der Waals surface area contributed by atoms with Crippen LogP contribution in [0.2, 0.25) is 5.02 Å². The van der Waals surface area contributed by atoms with Gasteiger partial charge in [0.2, 0.25) is 0 Å². The molecule has 1 unspecified atom stereocenters. The van der Waals surface area contributed by atoms with Crippen molar-refractivity contribution >= 4 is 40.6 Å². The SMILES string of the molecule is COC(=O)N(C)CCCn1cc(Cl)c2ccc(CN(C(=O)C3CN(C(=O)OC(C)(C)C)CCO3)C3CC3)cc21. The van der Waals surface area contributed by atoms with Crippen molar-refractivity contribution in [1.82, 2.24) is 19.3 Å². The van der Waals surface area contributed by atoms with E-state index in [0.717, 1.165) is 35.7 Å². The molecule has 0 spiro atoms. The second kappa shape index (κ2) is 12.0. The second-order valence-electron chi connectivity index (χ2n) is 11.3. The molecule has 1 aromatic heterocycles. The number of benzene rings is 1. The van der Waals surface area contributed by atoms with E-state index in [9.17, 15) is 14.4 Å². The van der Waals surface area contributed by atoms with Gasteiger partial charge in [0.05, 0.1) is 25.3 Å². The summed E-state index contributed by atoms with van der Waals surface area (Å²) in [5.74, 6) is -0.106. The monoisotopic (exact) mass is 562 g/mol. The van der Waals surface area contributed by atoms with Crippen molar-refractivity contribution in [2.75, 3.05) is 40.4 Å². The Morgan fingerprint density at radius 3 is 2.62 bits per heavy atom. The van der Waals surface area contributed by atoms with Gasteiger partial charge in [-0.15, -0.1) is 0 Å². The fraction of sp³-hybridized carbons (Fsp3) is 0.607. The minimum absolute atomic E-state index is 0.106. The highest BCUT2D eigenvalue weighted by molar-refractivity contribution is 6.35. The molecule has 10 nitrogen and oxygen atoms in total. The van der Waals surface area contributed by atoms with Crippen LogP contribution in [0.25, 0.3) is 10.9 Å². The molecule has 1 aromatic carbocycles. The zero-order valence-corrected chi connectivity index (χ0v) is 24.2. The van der Waals surface area contributed by atoms with E-state index in [0.29, 0.717) is 31.2 Å². The van der Waals surface area contributed by atoms with Crippen molar-refractivity contribution in [1.29, 1.82) is 0 Å². The Morgan fingerprint density at radius 1 is 1.21 bits per heavy atom. The normalized spacial score (nSPS) is 17.7. The van der Waals surface area contributed by atoms with Gasteiger partial charge in [0.1, 0.15) is 5.60 Å². The van der Waals surface area contributed by atoms with Gasteiger partial charge in [0, 0.05) is 56.4 Å². The van der Waals surface area contributed by atoms with Gasteiger partial charge in [-0.05, 0) is 51.7 Å². The summed E-state index contributed by atoms with van der Waals surface area (Å²) in [6, 6.07) is 6.22. The molecule has 0 bridgehead atoms. The number of hydrogen-bond donors (Lipinski definition) is 0. The molecule has 11 heteroatoms. The first-order valence-electron chi connectivity index (χ1n) is 13.4. The van der Waals surface area contributed by atoms with E-state index in [4.69, 9.17) is 25.8 Å². The highest BCUT2D eigenvalue weighted by Crippen LogP contribution is 2.32. The predicted molar refractivity (Wildman–Crippen MR) is 148 cm³/mol. The van der Waals surface area contributed by atoms with E-state index in [2.05, 4.69) is 10.6 Å². The number of aromatic nitrogens is 1. The van der Waals surface area contributed by atoms with Crippen molar-refractivity contribution in [3.63, 3.8) is 0 Å². The lowest BCUT2D eigenvalue weighted by Crippen LogP contribution is -2.53. The molecule has 1 atom stereocenters. The average Bonchev–Trinajstić information content (AvgIpc) is 3.69. The van der Waals surface area contributed by atoms with Gasteiger partial charge in [-0.25, -0.2) is 9.59 Å². The number of carbonyl (C=O) groups is 3. The molecule has 2 aliphatic rings. The Labute approximate surface area is 234 Å². The van der Waals surface area contributed by atoms with Crippen LogP contribution in [0.4, 0.5) is 9.59 Å². The van der Waals surface area contributed by atoms with Crippen molar-refractivity contribution in [3.8, 4) is 0 Å². The molecule has 1 aliphatic carbocycles. The maximum atomic E-state index is 13.6. The number of amides is 3. The fourth-order valence-corrected chi connectivity index (χ4v) is 5.02. The Kier molecular flexibility index (Phi) is 8.96. The fourth-order valence-electron chi connectivity index (χ4n) is 4.75. The maximum Gasteiger partial charge on any atom is 0.410 e. The van der Waals surface area contributed by atoms with Gasteiger partial charge < -0.3 is 33.5 Å². The number of fused-ring (bicyclic) bond motifs is 1. The van der Waals surface area contributed by atoms with E-state index in [1.807, 2.05) is 44.0 Å². The topological polar surface area (TPSA) is 93.6 Å². The summed E-state index contributed by atoms with van der Waals surface area (Å²) in [5.41, 5.74) is 1.36. The minimum atomic E-state index is -0.722. The predicted octanol–water partition coefficient (Wildman–Crippen LogP) is 4.51. The molecule has 4 rings (SSSR count). The molecular weight excluding hydrogens is 524 g/mol. The maximum absolute atomic E-state index is 13.6. The van der Waals surface area contributed by atoms with Crippen LogP contribution in [0.15, 0.2) is 24.4 Å². The van der Waals surface area contributed by atoms with Crippen LogP contribution < -0.4 is 0 Å². The van der Waals surface area contributed by atoms with Crippen molar-refractivity contribution < 1.29 is 28.6 Å². The van der Waals surface area contributed by atoms with Crippen molar-refractivity contribution in [3.05, 3.63) is 35.0 Å². The lowest BCUT2D eigenvalue weighted by Gasteiger charge is -2.36. The zero-order chi connectivity index (χ0) is 28.3. The van der Waals surface area contributed by atoms with Gasteiger partial charge in [0.15, 0.2) is 6.10 Å². The molecule has 0 N–H and O–H groups in total. The van der Waals surface area contributed by atoms with Crippen LogP contribution in [0.5, 0.6) is 0 Å². The third kappa shape index (κ3) is 7.36. The smallest absolute Gasteiger partial charge is 0.410 e. The van der Waals surface area contributed by atoms with Gasteiger partial charge in [-0.1, -0.05) is 23.7 Å². The Hall–Kier alpha value is -2.98. The number of nitrogens with zero attached hydrogens (tertiary/aromatic N) is 4. The Balaban J connectivity index is 1.45. The third-order valence-electron chi connectivity index (χ3n) is 6.89. The summed E-state index contributed by atoms with van der Waals surface area (Å²) in [5, 5.41) is 1.60. The van der Waals surface area contributed by atoms with Crippen LogP contribution in [0.3, 0.4) is 0 Å². The molecular formula is C28H39ClN4O6. The summed E-state index contributed by atoms with van der Waals surface area (Å²) in [6.07, 6.45) is 3.02. The lowest BCUT2D eigenvalue weighted by atomic mass is 10.1. The largest absolute Gasteiger partial charge is 0.453 e. The highest BCUT2D eigenvalue weighted by atomic mass is 35.5. The third-order valence-corrected chi connectivity index (χ3v) is 7.20. The van der Waals surface area contributed by atoms with E-state index in [1.54, 1.807) is 11.9 Å². The standard InChI is InChI=1S/C28H39ClN4O6/c1-28(2,3)39-27(36)32-13-14-38-24(18-32)25(34)33(20-8-9-20)16-19-7-10-21-22(29)17-31(23(21)15-19)12-6-11-30(4)26(35)37-5/h7,10,15,17,20,24H,6,8-9,11-14,16,18H2,1-5H3. The van der Waals surface area contributed by atoms with Crippen LogP contribution in [0, 0.1) is 0 Å². The van der Waals surface area contributed by atoms with E-state index >= 15 is 0 Å². The average molecular weight is 563 g/mol. The van der Waals surface area contributed by atoms with Crippen LogP contribution in [-0.2, 0) is 32.1 Å². The van der Waals surface area contributed by atoms with Gasteiger partial charge >= 0.3 is 12.2 Å². The molecule has 1 saturated heterocycles. The Morgan fingerprint density at radius 2 is 1.95 bits per heavy atom. The molecule has 2 fully saturated rings. The number of hydrogen-bond acceptors (Lipinski definition) is 6. The van der Waals surface area contributed by atoms with E-state index in [1.165, 1.54) is 12.0 Å².